The highest BCUT2D eigenvalue weighted by molar-refractivity contribution is 6.02. The van der Waals surface area contributed by atoms with Gasteiger partial charge in [0.15, 0.2) is 0 Å². The number of carbonyl (C=O) groups excluding carboxylic acids is 1. The normalized spacial score (nSPS) is 14.2. The van der Waals surface area contributed by atoms with Crippen LogP contribution in [0, 0.1) is 5.82 Å². The summed E-state index contributed by atoms with van der Waals surface area (Å²) in [6.45, 7) is 0. The van der Waals surface area contributed by atoms with Gasteiger partial charge in [-0.2, -0.15) is 0 Å². The Labute approximate surface area is 90.1 Å². The quantitative estimate of drug-likeness (QED) is 0.620. The molecule has 84 valence electrons. The molecule has 5 nitrogen and oxygen atoms in total. The van der Waals surface area contributed by atoms with Gasteiger partial charge in [-0.3, -0.25) is 4.79 Å². The monoisotopic (exact) mass is 224 g/mol. The average molecular weight is 224 g/mol. The Bertz CT molecular complexity index is 499. The first-order valence-electron chi connectivity index (χ1n) is 4.64. The van der Waals surface area contributed by atoms with Crippen molar-refractivity contribution in [2.45, 2.75) is 12.8 Å². The smallest absolute Gasteiger partial charge is 0.338 e. The van der Waals surface area contributed by atoms with Gasteiger partial charge in [0.25, 0.3) is 0 Å². The summed E-state index contributed by atoms with van der Waals surface area (Å²) < 4.78 is 13.3. The Morgan fingerprint density at radius 1 is 1.50 bits per heavy atom. The predicted molar refractivity (Wildman–Crippen MR) is 54.7 cm³/mol. The van der Waals surface area contributed by atoms with Crippen molar-refractivity contribution in [1.82, 2.24) is 0 Å². The van der Waals surface area contributed by atoms with E-state index in [4.69, 9.17) is 10.8 Å². The number of carbonyl (C=O) groups is 2. The minimum Gasteiger partial charge on any atom is -0.478 e. The van der Waals surface area contributed by atoms with Crippen molar-refractivity contribution in [3.8, 4) is 0 Å². The molecule has 6 heteroatoms. The van der Waals surface area contributed by atoms with Gasteiger partial charge in [-0.05, 0) is 18.1 Å². The first-order valence-corrected chi connectivity index (χ1v) is 4.64. The molecule has 0 saturated heterocycles. The molecule has 0 aliphatic carbocycles. The van der Waals surface area contributed by atoms with E-state index in [0.717, 1.165) is 6.07 Å². The number of nitrogens with one attached hydrogen (secondary N) is 1. The van der Waals surface area contributed by atoms with Crippen LogP contribution in [-0.4, -0.2) is 17.0 Å². The summed E-state index contributed by atoms with van der Waals surface area (Å²) in [6.07, 6.45) is 0.436. The lowest BCUT2D eigenvalue weighted by Crippen LogP contribution is -2.22. The van der Waals surface area contributed by atoms with E-state index in [1.807, 2.05) is 0 Å². The SMILES string of the molecule is Nc1c(F)cc2c(c1C(=O)O)CCC(=O)N2. The van der Waals surface area contributed by atoms with E-state index >= 15 is 0 Å². The third-order valence-electron chi connectivity index (χ3n) is 2.51. The maximum absolute atomic E-state index is 13.3. The van der Waals surface area contributed by atoms with Crippen LogP contribution in [0.25, 0.3) is 0 Å². The third kappa shape index (κ3) is 1.48. The number of nitrogen functional groups attached to an aromatic ring is 1. The number of anilines is 2. The van der Waals surface area contributed by atoms with Crippen LogP contribution in [-0.2, 0) is 11.2 Å². The Kier molecular flexibility index (Phi) is 2.26. The number of carboxylic acids is 1. The second-order valence-corrected chi connectivity index (χ2v) is 3.53. The minimum atomic E-state index is -1.29. The predicted octanol–water partition coefficient (Wildman–Crippen LogP) is 0.991. The molecule has 0 fully saturated rings. The minimum absolute atomic E-state index is 0.179. The number of hydrogen-bond donors (Lipinski definition) is 3. The fourth-order valence-corrected chi connectivity index (χ4v) is 1.77. The van der Waals surface area contributed by atoms with Gasteiger partial charge in [0.2, 0.25) is 5.91 Å². The van der Waals surface area contributed by atoms with E-state index in [2.05, 4.69) is 5.32 Å². The molecule has 16 heavy (non-hydrogen) atoms. The van der Waals surface area contributed by atoms with Crippen LogP contribution in [0.15, 0.2) is 6.07 Å². The molecule has 1 amide bonds. The summed E-state index contributed by atoms with van der Waals surface area (Å²) in [4.78, 5) is 22.1. The van der Waals surface area contributed by atoms with Crippen LogP contribution < -0.4 is 11.1 Å². The van der Waals surface area contributed by atoms with Gasteiger partial charge in [0.1, 0.15) is 5.82 Å². The number of halogens is 1. The van der Waals surface area contributed by atoms with E-state index in [-0.39, 0.29) is 35.7 Å². The number of fused-ring (bicyclic) bond motifs is 1. The second kappa shape index (κ2) is 3.48. The van der Waals surface area contributed by atoms with Crippen molar-refractivity contribution < 1.29 is 19.1 Å². The fourth-order valence-electron chi connectivity index (χ4n) is 1.77. The van der Waals surface area contributed by atoms with Gasteiger partial charge >= 0.3 is 5.97 Å². The zero-order valence-electron chi connectivity index (χ0n) is 8.21. The van der Waals surface area contributed by atoms with Gasteiger partial charge in [0, 0.05) is 12.1 Å². The van der Waals surface area contributed by atoms with Crippen molar-refractivity contribution in [1.29, 1.82) is 0 Å². The van der Waals surface area contributed by atoms with Crippen molar-refractivity contribution in [3.63, 3.8) is 0 Å². The Morgan fingerprint density at radius 2 is 2.19 bits per heavy atom. The number of aromatic carboxylic acids is 1. The van der Waals surface area contributed by atoms with Crippen LogP contribution >= 0.6 is 0 Å². The highest BCUT2D eigenvalue weighted by Crippen LogP contribution is 2.32. The van der Waals surface area contributed by atoms with Crippen LogP contribution in [0.3, 0.4) is 0 Å². The number of benzene rings is 1. The van der Waals surface area contributed by atoms with Gasteiger partial charge < -0.3 is 16.2 Å². The zero-order valence-corrected chi connectivity index (χ0v) is 8.21. The summed E-state index contributed by atoms with van der Waals surface area (Å²) in [6, 6.07) is 1.05. The number of hydrogen-bond acceptors (Lipinski definition) is 3. The maximum Gasteiger partial charge on any atom is 0.338 e. The van der Waals surface area contributed by atoms with Gasteiger partial charge in [-0.15, -0.1) is 0 Å². The number of nitrogens with two attached hydrogens (primary N) is 1. The zero-order chi connectivity index (χ0) is 11.9. The Hall–Kier alpha value is -2.11. The molecule has 0 saturated carbocycles. The van der Waals surface area contributed by atoms with E-state index in [9.17, 15) is 14.0 Å². The number of carboxylic acid groups (broad SMARTS) is 1. The molecule has 4 N–H and O–H groups in total. The number of rotatable bonds is 1. The highest BCUT2D eigenvalue weighted by Gasteiger charge is 2.25. The molecule has 0 spiro atoms. The summed E-state index contributed by atoms with van der Waals surface area (Å²) in [5.74, 6) is -2.38. The molecule has 1 aromatic rings. The Balaban J connectivity index is 2.68. The van der Waals surface area contributed by atoms with Crippen LogP contribution in [0.5, 0.6) is 0 Å². The summed E-state index contributed by atoms with van der Waals surface area (Å²) >= 11 is 0. The molecule has 0 aromatic heterocycles. The molecule has 1 heterocycles. The molecule has 2 rings (SSSR count). The third-order valence-corrected chi connectivity index (χ3v) is 2.51. The lowest BCUT2D eigenvalue weighted by molar-refractivity contribution is -0.116. The van der Waals surface area contributed by atoms with Crippen LogP contribution in [0.2, 0.25) is 0 Å². The first-order chi connectivity index (χ1) is 7.50. The summed E-state index contributed by atoms with van der Waals surface area (Å²) in [5, 5.41) is 11.4. The lowest BCUT2D eigenvalue weighted by atomic mass is 9.95. The first kappa shape index (κ1) is 10.4. The van der Waals surface area contributed by atoms with Gasteiger partial charge in [-0.25, -0.2) is 9.18 Å². The molecular weight excluding hydrogens is 215 g/mol. The molecular formula is C10H9FN2O3. The largest absolute Gasteiger partial charge is 0.478 e. The molecule has 1 aliphatic heterocycles. The van der Waals surface area contributed by atoms with Gasteiger partial charge in [-0.1, -0.05) is 0 Å². The standard InChI is InChI=1S/C10H9FN2O3/c11-5-3-6-4(1-2-7(14)13-6)8(9(5)12)10(15)16/h3H,1-2,12H2,(H,13,14)(H,15,16). The van der Waals surface area contributed by atoms with Crippen molar-refractivity contribution in [3.05, 3.63) is 23.0 Å². The van der Waals surface area contributed by atoms with E-state index in [1.165, 1.54) is 0 Å². The van der Waals surface area contributed by atoms with E-state index < -0.39 is 11.8 Å². The summed E-state index contributed by atoms with van der Waals surface area (Å²) in [7, 11) is 0. The molecule has 0 unspecified atom stereocenters. The second-order valence-electron chi connectivity index (χ2n) is 3.53. The summed E-state index contributed by atoms with van der Waals surface area (Å²) in [5.41, 5.74) is 5.31. The molecule has 0 radical (unpaired) electrons. The topological polar surface area (TPSA) is 92.4 Å². The van der Waals surface area contributed by atoms with Crippen LogP contribution in [0.4, 0.5) is 15.8 Å². The van der Waals surface area contributed by atoms with E-state index in [1.54, 1.807) is 0 Å². The molecule has 1 aromatic carbocycles. The molecule has 0 bridgehead atoms. The lowest BCUT2D eigenvalue weighted by Gasteiger charge is -2.20. The van der Waals surface area contributed by atoms with Crippen molar-refractivity contribution in [2.24, 2.45) is 0 Å². The van der Waals surface area contributed by atoms with Crippen molar-refractivity contribution >= 4 is 23.3 Å². The van der Waals surface area contributed by atoms with Crippen molar-refractivity contribution in [2.75, 3.05) is 11.1 Å². The number of amides is 1. The molecule has 1 aliphatic rings. The van der Waals surface area contributed by atoms with Crippen LogP contribution in [0.1, 0.15) is 22.3 Å². The van der Waals surface area contributed by atoms with Gasteiger partial charge in [0.05, 0.1) is 11.3 Å². The Morgan fingerprint density at radius 3 is 2.81 bits per heavy atom. The average Bonchev–Trinajstić information content (AvgIpc) is 2.19. The maximum atomic E-state index is 13.3. The van der Waals surface area contributed by atoms with E-state index in [0.29, 0.717) is 5.56 Å². The molecule has 0 atom stereocenters. The fraction of sp³-hybridized carbons (Fsp3) is 0.200. The highest BCUT2D eigenvalue weighted by atomic mass is 19.1.